The standard InChI is InChI=1S/C50H39NO4/c1-3-23-51(24-4-2)44-22-21-40-28-45(49(52)55-48(40)31-44)36-17-13-34(14-18-36)32-9-11-33(12-10-32)35-15-19-37(20-16-35)46-29-43-27-41-25-38-7-5-6-8-39(38)26-42(41)30-47(43)54-50(46)53/h5-22,25-31H,3-4,23-24H2,1-2H3. The van der Waals surface area contributed by atoms with Crippen molar-refractivity contribution in [2.45, 2.75) is 26.7 Å². The van der Waals surface area contributed by atoms with Gasteiger partial charge in [-0.05, 0) is 116 Å². The summed E-state index contributed by atoms with van der Waals surface area (Å²) >= 11 is 0. The Morgan fingerprint density at radius 1 is 0.400 bits per heavy atom. The minimum Gasteiger partial charge on any atom is -0.422 e. The highest BCUT2D eigenvalue weighted by Crippen LogP contribution is 2.32. The largest absolute Gasteiger partial charge is 0.422 e. The maximum absolute atomic E-state index is 13.2. The zero-order chi connectivity index (χ0) is 37.5. The number of rotatable bonds is 9. The number of anilines is 1. The fraction of sp³-hybridized carbons (Fsp3) is 0.120. The summed E-state index contributed by atoms with van der Waals surface area (Å²) in [6, 6.07) is 51.1. The summed E-state index contributed by atoms with van der Waals surface area (Å²) in [5.41, 5.74) is 8.54. The molecule has 9 rings (SSSR count). The number of nitrogens with zero attached hydrogens (tertiary/aromatic N) is 1. The molecule has 0 radical (unpaired) electrons. The Hall–Kier alpha value is -6.72. The van der Waals surface area contributed by atoms with Crippen LogP contribution in [0.25, 0.3) is 88.0 Å². The molecule has 0 bridgehead atoms. The Balaban J connectivity index is 0.929. The van der Waals surface area contributed by atoms with Crippen LogP contribution in [0, 0.1) is 0 Å². The van der Waals surface area contributed by atoms with Crippen LogP contribution in [0.3, 0.4) is 0 Å². The molecule has 0 amide bonds. The quantitative estimate of drug-likeness (QED) is 0.110. The minimum absolute atomic E-state index is 0.339. The fourth-order valence-electron chi connectivity index (χ4n) is 7.71. The van der Waals surface area contributed by atoms with E-state index in [2.05, 4.69) is 79.4 Å². The highest BCUT2D eigenvalue weighted by atomic mass is 16.4. The van der Waals surface area contributed by atoms with Crippen LogP contribution >= 0.6 is 0 Å². The van der Waals surface area contributed by atoms with Gasteiger partial charge < -0.3 is 13.7 Å². The molecule has 268 valence electrons. The first-order valence-corrected chi connectivity index (χ1v) is 19.0. The highest BCUT2D eigenvalue weighted by molar-refractivity contribution is 6.04. The van der Waals surface area contributed by atoms with Gasteiger partial charge in [0.2, 0.25) is 0 Å². The van der Waals surface area contributed by atoms with E-state index in [0.717, 1.165) is 91.9 Å². The molecule has 0 aliphatic carbocycles. The number of hydrogen-bond acceptors (Lipinski definition) is 5. The van der Waals surface area contributed by atoms with Crippen molar-refractivity contribution in [3.63, 3.8) is 0 Å². The van der Waals surface area contributed by atoms with Crippen molar-refractivity contribution in [2.24, 2.45) is 0 Å². The molecule has 0 aliphatic heterocycles. The lowest BCUT2D eigenvalue weighted by Gasteiger charge is -2.23. The Kier molecular flexibility index (Phi) is 8.83. The van der Waals surface area contributed by atoms with Gasteiger partial charge in [0.05, 0.1) is 11.1 Å². The molecule has 0 fully saturated rings. The lowest BCUT2D eigenvalue weighted by Crippen LogP contribution is -2.24. The molecule has 5 nitrogen and oxygen atoms in total. The van der Waals surface area contributed by atoms with Gasteiger partial charge in [0.1, 0.15) is 11.2 Å². The van der Waals surface area contributed by atoms with Gasteiger partial charge in [0.15, 0.2) is 0 Å². The van der Waals surface area contributed by atoms with Crippen LogP contribution < -0.4 is 16.2 Å². The SMILES string of the molecule is CCCN(CCC)c1ccc2cc(-c3ccc(-c4ccc(-c5ccc(-c6cc7cc8cc9ccccc9cc8cc7oc6=O)cc5)cc4)cc3)c(=O)oc2c1. The van der Waals surface area contributed by atoms with Gasteiger partial charge in [-0.1, -0.05) is 111 Å². The first-order valence-electron chi connectivity index (χ1n) is 19.0. The van der Waals surface area contributed by atoms with Gasteiger partial charge in [0.25, 0.3) is 0 Å². The van der Waals surface area contributed by atoms with Gasteiger partial charge in [-0.15, -0.1) is 0 Å². The second-order valence-electron chi connectivity index (χ2n) is 14.3. The van der Waals surface area contributed by atoms with Gasteiger partial charge in [-0.25, -0.2) is 9.59 Å². The average molecular weight is 718 g/mol. The molecule has 0 atom stereocenters. The highest BCUT2D eigenvalue weighted by Gasteiger charge is 2.13. The van der Waals surface area contributed by atoms with Crippen molar-refractivity contribution in [1.29, 1.82) is 0 Å². The van der Waals surface area contributed by atoms with E-state index in [-0.39, 0.29) is 11.3 Å². The topological polar surface area (TPSA) is 63.7 Å². The second kappa shape index (κ2) is 14.3. The van der Waals surface area contributed by atoms with Crippen LogP contribution in [0.5, 0.6) is 0 Å². The third-order valence-electron chi connectivity index (χ3n) is 10.6. The molecule has 7 aromatic carbocycles. The number of fused-ring (bicyclic) bond motifs is 4. The normalized spacial score (nSPS) is 11.5. The Morgan fingerprint density at radius 2 is 0.818 bits per heavy atom. The zero-order valence-corrected chi connectivity index (χ0v) is 30.8. The van der Waals surface area contributed by atoms with E-state index in [1.807, 2.05) is 91.0 Å². The fourth-order valence-corrected chi connectivity index (χ4v) is 7.71. The Labute approximate surface area is 318 Å². The predicted octanol–water partition coefficient (Wildman–Crippen LogP) is 12.5. The monoisotopic (exact) mass is 717 g/mol. The van der Waals surface area contributed by atoms with Crippen molar-refractivity contribution in [1.82, 2.24) is 0 Å². The zero-order valence-electron chi connectivity index (χ0n) is 30.8. The lowest BCUT2D eigenvalue weighted by atomic mass is 9.97. The van der Waals surface area contributed by atoms with Gasteiger partial charge in [-0.3, -0.25) is 0 Å². The molecule has 0 saturated heterocycles. The molecule has 2 heterocycles. The van der Waals surface area contributed by atoms with Crippen LogP contribution in [-0.4, -0.2) is 13.1 Å². The third-order valence-corrected chi connectivity index (χ3v) is 10.6. The van der Waals surface area contributed by atoms with Crippen LogP contribution in [0.15, 0.2) is 170 Å². The minimum atomic E-state index is -0.354. The molecule has 9 aromatic rings. The summed E-state index contributed by atoms with van der Waals surface area (Å²) in [7, 11) is 0. The first-order chi connectivity index (χ1) is 26.9. The van der Waals surface area contributed by atoms with Crippen molar-refractivity contribution in [3.05, 3.63) is 172 Å². The van der Waals surface area contributed by atoms with E-state index in [1.54, 1.807) is 0 Å². The summed E-state index contributed by atoms with van der Waals surface area (Å²) in [6.45, 7) is 6.29. The van der Waals surface area contributed by atoms with Crippen LogP contribution in [-0.2, 0) is 0 Å². The van der Waals surface area contributed by atoms with E-state index >= 15 is 0 Å². The Bertz CT molecular complexity index is 2970. The average Bonchev–Trinajstić information content (AvgIpc) is 3.22. The molecule has 2 aromatic heterocycles. The summed E-state index contributed by atoms with van der Waals surface area (Å²) < 4.78 is 11.7. The van der Waals surface area contributed by atoms with Gasteiger partial charge >= 0.3 is 11.3 Å². The molecule has 0 aliphatic rings. The maximum Gasteiger partial charge on any atom is 0.344 e. The van der Waals surface area contributed by atoms with E-state index in [9.17, 15) is 9.59 Å². The van der Waals surface area contributed by atoms with E-state index in [4.69, 9.17) is 8.83 Å². The molecule has 0 N–H and O–H groups in total. The van der Waals surface area contributed by atoms with Crippen molar-refractivity contribution in [3.8, 4) is 44.5 Å². The molecule has 0 unspecified atom stereocenters. The number of benzene rings is 7. The molecule has 0 spiro atoms. The van der Waals surface area contributed by atoms with Gasteiger partial charge in [0, 0.05) is 35.6 Å². The van der Waals surface area contributed by atoms with Crippen LogP contribution in [0.4, 0.5) is 5.69 Å². The predicted molar refractivity (Wildman–Crippen MR) is 228 cm³/mol. The van der Waals surface area contributed by atoms with E-state index in [0.29, 0.717) is 22.3 Å². The van der Waals surface area contributed by atoms with Gasteiger partial charge in [-0.2, -0.15) is 0 Å². The van der Waals surface area contributed by atoms with Crippen molar-refractivity contribution >= 4 is 49.2 Å². The van der Waals surface area contributed by atoms with E-state index in [1.165, 1.54) is 5.39 Å². The van der Waals surface area contributed by atoms with Crippen LogP contribution in [0.1, 0.15) is 26.7 Å². The molecule has 0 saturated carbocycles. The molecular formula is C50H39NO4. The van der Waals surface area contributed by atoms with Crippen molar-refractivity contribution < 1.29 is 8.83 Å². The maximum atomic E-state index is 13.2. The molecule has 5 heteroatoms. The Morgan fingerprint density at radius 3 is 1.31 bits per heavy atom. The third kappa shape index (κ3) is 6.59. The summed E-state index contributed by atoms with van der Waals surface area (Å²) in [5, 5.41) is 6.27. The summed E-state index contributed by atoms with van der Waals surface area (Å²) in [4.78, 5) is 28.6. The van der Waals surface area contributed by atoms with Crippen LogP contribution in [0.2, 0.25) is 0 Å². The smallest absolute Gasteiger partial charge is 0.344 e. The lowest BCUT2D eigenvalue weighted by molar-refractivity contribution is 0.563. The number of hydrogen-bond donors (Lipinski definition) is 0. The molecule has 55 heavy (non-hydrogen) atoms. The summed E-state index contributed by atoms with van der Waals surface area (Å²) in [6.07, 6.45) is 2.11. The molecular weight excluding hydrogens is 679 g/mol. The van der Waals surface area contributed by atoms with E-state index < -0.39 is 0 Å². The first kappa shape index (κ1) is 34.1. The van der Waals surface area contributed by atoms with Crippen molar-refractivity contribution in [2.75, 3.05) is 18.0 Å². The summed E-state index contributed by atoms with van der Waals surface area (Å²) in [5.74, 6) is 0. The second-order valence-corrected chi connectivity index (χ2v) is 14.3.